The lowest BCUT2D eigenvalue weighted by molar-refractivity contribution is -0.139. The van der Waals surface area contributed by atoms with Crippen molar-refractivity contribution in [2.24, 2.45) is 0 Å². The van der Waals surface area contributed by atoms with Crippen molar-refractivity contribution in [2.75, 3.05) is 46.1 Å². The molecule has 0 bridgehead atoms. The number of ether oxygens (including phenoxy) is 1. The molecule has 0 aliphatic carbocycles. The Kier molecular flexibility index (Phi) is 24.8. The normalized spacial score (nSPS) is 14.0. The molecule has 0 aromatic heterocycles. The number of aliphatic hydroxyl groups is 4. The van der Waals surface area contributed by atoms with Gasteiger partial charge in [0, 0.05) is 52.3 Å². The Morgan fingerprint density at radius 3 is 1.46 bits per heavy atom. The monoisotopic (exact) mass is 724 g/mol. The van der Waals surface area contributed by atoms with E-state index in [0.717, 1.165) is 64.2 Å². The number of unbranched alkanes of at least 4 members (excludes halogenated alkanes) is 9. The minimum atomic E-state index is -1.55. The van der Waals surface area contributed by atoms with E-state index in [9.17, 15) is 29.1 Å². The molecule has 0 rings (SSSR count). The highest BCUT2D eigenvalue weighted by Gasteiger charge is 2.27. The van der Waals surface area contributed by atoms with Gasteiger partial charge >= 0.3 is 0 Å². The van der Waals surface area contributed by atoms with Crippen LogP contribution in [0.2, 0.25) is 0 Å². The molecule has 0 saturated heterocycles. The average Bonchev–Trinajstić information content (AvgIpc) is 3.12. The molecule has 0 heterocycles. The van der Waals surface area contributed by atoms with Gasteiger partial charge in [0.2, 0.25) is 27.9 Å². The second-order valence-corrected chi connectivity index (χ2v) is 13.5. The number of carbonyl (C=O) groups excluding carboxylic acids is 5. The Morgan fingerprint density at radius 2 is 1.00 bits per heavy atom. The van der Waals surface area contributed by atoms with E-state index >= 15 is 0 Å². The van der Waals surface area contributed by atoms with Crippen LogP contribution in [-0.4, -0.2) is 124 Å². The molecular formula is C35H67N5O10. The fourth-order valence-corrected chi connectivity index (χ4v) is 4.76. The van der Waals surface area contributed by atoms with Crippen molar-refractivity contribution in [2.45, 2.75) is 147 Å². The van der Waals surface area contributed by atoms with E-state index in [1.165, 1.54) is 0 Å². The molecule has 0 aliphatic heterocycles. The highest BCUT2D eigenvalue weighted by Crippen LogP contribution is 2.09. The maximum absolute atomic E-state index is 13.2. The summed E-state index contributed by atoms with van der Waals surface area (Å²) in [4.78, 5) is 64.8. The molecule has 292 valence electrons. The highest BCUT2D eigenvalue weighted by molar-refractivity contribution is 5.91. The van der Waals surface area contributed by atoms with Gasteiger partial charge in [-0.1, -0.05) is 38.5 Å². The van der Waals surface area contributed by atoms with Crippen LogP contribution in [0, 0.1) is 0 Å². The predicted octanol–water partition coefficient (Wildman–Crippen LogP) is 0.699. The number of aliphatic hydroxyl groups excluding tert-OH is 4. The summed E-state index contributed by atoms with van der Waals surface area (Å²) in [7, 11) is 0. The van der Waals surface area contributed by atoms with Crippen LogP contribution in [0.1, 0.15) is 124 Å². The molecule has 0 aromatic carbocycles. The summed E-state index contributed by atoms with van der Waals surface area (Å²) in [6, 6.07) is -2.18. The molecule has 3 atom stereocenters. The second kappa shape index (κ2) is 29.8. The molecule has 15 heteroatoms. The summed E-state index contributed by atoms with van der Waals surface area (Å²) in [6.45, 7) is 7.19. The average molecular weight is 724 g/mol. The lowest BCUT2D eigenvalue weighted by atomic mass is 10.1. The molecule has 0 aliphatic rings. The Hall–Kier alpha value is -2.85. The predicted molar refractivity (Wildman–Crippen MR) is 190 cm³/mol. The van der Waals surface area contributed by atoms with Gasteiger partial charge in [0.25, 0.3) is 5.91 Å². The smallest absolute Gasteiger partial charge is 0.251 e. The molecule has 0 spiro atoms. The number of amides is 5. The van der Waals surface area contributed by atoms with Crippen LogP contribution in [0.4, 0.5) is 0 Å². The van der Waals surface area contributed by atoms with Crippen LogP contribution in [-0.2, 0) is 28.7 Å². The van der Waals surface area contributed by atoms with E-state index in [1.54, 1.807) is 20.8 Å². The molecule has 3 unspecified atom stereocenters. The van der Waals surface area contributed by atoms with Gasteiger partial charge in [-0.2, -0.15) is 0 Å². The Labute approximate surface area is 302 Å². The van der Waals surface area contributed by atoms with Crippen LogP contribution >= 0.6 is 0 Å². The standard InChI is InChI=1S/C35H67N5O10/c1-35(2,3)50-26-29(44)34(49)40-28(33(48)38-22-12-6-9-15-25-43)17-19-31(46)39-27(32(47)37-21-11-5-8-14-24-42)16-18-30(45)36-20-10-4-7-13-23-41/h27-29,41-44H,4-26H2,1-3H3,(H,36,45)(H,37,47)(H,38,48)(H,39,46)(H,40,49)/i41T,42T,43T. The summed E-state index contributed by atoms with van der Waals surface area (Å²) >= 11 is 0. The first-order valence-corrected chi connectivity index (χ1v) is 18.3. The Bertz CT molecular complexity index is 1010. The summed E-state index contributed by atoms with van der Waals surface area (Å²) < 4.78 is 25.7. The van der Waals surface area contributed by atoms with Gasteiger partial charge in [0.1, 0.15) is 12.1 Å². The summed E-state index contributed by atoms with van der Waals surface area (Å²) in [5, 5.41) is 36.9. The lowest BCUT2D eigenvalue weighted by Gasteiger charge is -2.24. The zero-order valence-electron chi connectivity index (χ0n) is 33.6. The van der Waals surface area contributed by atoms with Crippen LogP contribution in [0.5, 0.6) is 0 Å². The van der Waals surface area contributed by atoms with Gasteiger partial charge < -0.3 is 51.8 Å². The fraction of sp³-hybridized carbons (Fsp3) is 0.857. The van der Waals surface area contributed by atoms with Crippen molar-refractivity contribution in [3.05, 3.63) is 0 Å². The molecular weight excluding hydrogens is 650 g/mol. The van der Waals surface area contributed by atoms with Crippen molar-refractivity contribution in [1.29, 1.82) is 4.29 Å². The molecule has 15 nitrogen and oxygen atoms in total. The number of hydrogen-bond acceptors (Lipinski definition) is 10. The quantitative estimate of drug-likeness (QED) is 0.0422. The van der Waals surface area contributed by atoms with E-state index in [1.807, 2.05) is 0 Å². The first kappa shape index (κ1) is 41.6. The molecule has 9 N–H and O–H groups in total. The van der Waals surface area contributed by atoms with Gasteiger partial charge in [-0.05, 0) is 72.1 Å². The molecule has 0 saturated carbocycles. The van der Waals surface area contributed by atoms with Crippen LogP contribution in [0.3, 0.4) is 0 Å². The highest BCUT2D eigenvalue weighted by atomic mass is 16.5. The minimum absolute atomic E-state index is 0.01000. The summed E-state index contributed by atoms with van der Waals surface area (Å²) in [6.07, 6.45) is 7.43. The fourth-order valence-electron chi connectivity index (χ4n) is 4.76. The third-order valence-corrected chi connectivity index (χ3v) is 7.72. The van der Waals surface area contributed by atoms with Crippen LogP contribution in [0.25, 0.3) is 0 Å². The lowest BCUT2D eigenvalue weighted by Crippen LogP contribution is -2.52. The third-order valence-electron chi connectivity index (χ3n) is 7.72. The van der Waals surface area contributed by atoms with Crippen molar-refractivity contribution in [3.63, 3.8) is 0 Å². The maximum Gasteiger partial charge on any atom is 0.251 e. The molecule has 0 fully saturated rings. The minimum Gasteiger partial charge on any atom is -0.396 e. The third kappa shape index (κ3) is 26.9. The SMILES string of the molecule is [3H]OCCCCCCNC(=O)CCC(NC(=O)CCC(NC(=O)C(O)COC(C)(C)C)C(=O)NCCCCCCO[3H])C(=O)NCCCCCCO[3H]. The largest absolute Gasteiger partial charge is 0.396 e. The maximum atomic E-state index is 13.2. The molecule has 0 radical (unpaired) electrons. The van der Waals surface area contributed by atoms with Crippen molar-refractivity contribution < 1.29 is 49.1 Å². The van der Waals surface area contributed by atoms with Gasteiger partial charge in [0.15, 0.2) is 6.10 Å². The zero-order valence-corrected chi connectivity index (χ0v) is 30.6. The van der Waals surface area contributed by atoms with Gasteiger partial charge in [0.05, 0.1) is 12.2 Å². The summed E-state index contributed by atoms with van der Waals surface area (Å²) in [5.74, 6) is -2.63. The van der Waals surface area contributed by atoms with Gasteiger partial charge in [-0.15, -0.1) is 0 Å². The Morgan fingerprint density at radius 1 is 0.580 bits per heavy atom. The van der Waals surface area contributed by atoms with E-state index in [2.05, 4.69) is 41.9 Å². The van der Waals surface area contributed by atoms with Crippen molar-refractivity contribution in [1.82, 2.24) is 26.6 Å². The molecule has 50 heavy (non-hydrogen) atoms. The van der Waals surface area contributed by atoms with E-state index in [0.29, 0.717) is 52.3 Å². The second-order valence-electron chi connectivity index (χ2n) is 13.5. The first-order valence-electron chi connectivity index (χ1n) is 19.5. The van der Waals surface area contributed by atoms with Gasteiger partial charge in [-0.25, -0.2) is 0 Å². The van der Waals surface area contributed by atoms with Crippen molar-refractivity contribution in [3.8, 4) is 0 Å². The Balaban J connectivity index is 5.37. The topological polar surface area (TPSA) is 236 Å². The van der Waals surface area contributed by atoms with Crippen LogP contribution < -0.4 is 26.6 Å². The number of rotatable bonds is 34. The van der Waals surface area contributed by atoms with Gasteiger partial charge in [-0.3, -0.25) is 24.0 Å². The number of carbonyl (C=O) groups is 5. The summed E-state index contributed by atoms with van der Waals surface area (Å²) in [5.41, 5.74) is -0.608. The van der Waals surface area contributed by atoms with Crippen LogP contribution in [0.15, 0.2) is 0 Å². The molecule has 5 amide bonds. The molecule has 0 aromatic rings. The van der Waals surface area contributed by atoms with E-state index in [-0.39, 0.29) is 38.2 Å². The number of hydrogen-bond donors (Lipinski definition) is 9. The van der Waals surface area contributed by atoms with Crippen molar-refractivity contribution >= 4 is 29.5 Å². The van der Waals surface area contributed by atoms with E-state index in [4.69, 9.17) is 9.03 Å². The number of nitrogens with one attached hydrogen (secondary N) is 5. The van der Waals surface area contributed by atoms with E-state index < -0.39 is 47.4 Å². The first-order chi connectivity index (χ1) is 25.3. The zero-order chi connectivity index (χ0) is 39.7.